The molecule has 0 radical (unpaired) electrons. The molecule has 4 rings (SSSR count). The number of benzene rings is 3. The average Bonchev–Trinajstić information content (AvgIpc) is 2.85. The summed E-state index contributed by atoms with van der Waals surface area (Å²) in [4.78, 5) is 12.5. The van der Waals surface area contributed by atoms with Crippen molar-refractivity contribution in [3.05, 3.63) is 77.4 Å². The Morgan fingerprint density at radius 3 is 2.60 bits per heavy atom. The summed E-state index contributed by atoms with van der Waals surface area (Å²) in [7, 11) is -2.67. The number of amides is 1. The smallest absolute Gasteiger partial charge is 0.339 e. The number of nitrogens with one attached hydrogen (secondary N) is 1. The molecule has 0 unspecified atom stereocenters. The van der Waals surface area contributed by atoms with Crippen molar-refractivity contribution in [1.82, 2.24) is 5.43 Å². The molecule has 9 nitrogen and oxygen atoms in total. The fourth-order valence-electron chi connectivity index (χ4n) is 3.36. The SMILES string of the molecule is COc1cc(/C=N\NC(=O)[C@@H]2COc3ccccc3O2)ccc1OS(=O)(=O)c1cc(C)ccc1C. The monoisotopic (exact) mass is 496 g/mol. The molecule has 182 valence electrons. The van der Waals surface area contributed by atoms with E-state index in [-0.39, 0.29) is 23.0 Å². The highest BCUT2D eigenvalue weighted by Crippen LogP contribution is 2.32. The Hall–Kier alpha value is -4.05. The molecule has 1 atom stereocenters. The number of fused-ring (bicyclic) bond motifs is 1. The van der Waals surface area contributed by atoms with E-state index >= 15 is 0 Å². The zero-order valence-electron chi connectivity index (χ0n) is 19.3. The highest BCUT2D eigenvalue weighted by Gasteiger charge is 2.27. The average molecular weight is 497 g/mol. The van der Waals surface area contributed by atoms with Gasteiger partial charge in [0.2, 0.25) is 6.10 Å². The van der Waals surface area contributed by atoms with Crippen LogP contribution in [0, 0.1) is 13.8 Å². The standard InChI is InChI=1S/C25H24N2O7S/c1-16-8-9-17(2)24(12-16)35(29,30)34-21-11-10-18(13-22(21)31-3)14-26-27-25(28)23-15-32-19-6-4-5-7-20(19)33-23/h4-14,23H,15H2,1-3H3,(H,27,28)/b26-14-/t23-/m0/s1. The van der Waals surface area contributed by atoms with Crippen LogP contribution in [0.15, 0.2) is 70.7 Å². The van der Waals surface area contributed by atoms with Gasteiger partial charge in [0.25, 0.3) is 5.91 Å². The third-order valence-electron chi connectivity index (χ3n) is 5.19. The first-order valence-electron chi connectivity index (χ1n) is 10.7. The first-order valence-corrected chi connectivity index (χ1v) is 12.1. The van der Waals surface area contributed by atoms with Gasteiger partial charge >= 0.3 is 10.1 Å². The van der Waals surface area contributed by atoms with Crippen molar-refractivity contribution < 1.29 is 31.6 Å². The highest BCUT2D eigenvalue weighted by molar-refractivity contribution is 7.87. The number of methoxy groups -OCH3 is 1. The summed E-state index contributed by atoms with van der Waals surface area (Å²) >= 11 is 0. The van der Waals surface area contributed by atoms with Crippen LogP contribution < -0.4 is 23.8 Å². The minimum absolute atomic E-state index is 0.0287. The Labute approximate surface area is 203 Å². The molecule has 0 bridgehead atoms. The van der Waals surface area contributed by atoms with Crippen LogP contribution in [0.4, 0.5) is 0 Å². The summed E-state index contributed by atoms with van der Waals surface area (Å²) in [5.74, 6) is 0.811. The molecular weight excluding hydrogens is 472 g/mol. The molecule has 35 heavy (non-hydrogen) atoms. The number of hydrazone groups is 1. The lowest BCUT2D eigenvalue weighted by molar-refractivity contribution is -0.130. The van der Waals surface area contributed by atoms with E-state index in [1.807, 2.05) is 12.1 Å². The van der Waals surface area contributed by atoms with Crippen LogP contribution >= 0.6 is 0 Å². The Kier molecular flexibility index (Phi) is 6.92. The van der Waals surface area contributed by atoms with Gasteiger partial charge in [-0.3, -0.25) is 4.79 Å². The number of rotatable bonds is 7. The molecule has 1 N–H and O–H groups in total. The van der Waals surface area contributed by atoms with Crippen LogP contribution in [-0.2, 0) is 14.9 Å². The second kappa shape index (κ2) is 10.1. The van der Waals surface area contributed by atoms with Gasteiger partial charge in [0.15, 0.2) is 23.0 Å². The lowest BCUT2D eigenvalue weighted by atomic mass is 10.2. The summed E-state index contributed by atoms with van der Waals surface area (Å²) in [6.45, 7) is 3.56. The van der Waals surface area contributed by atoms with Crippen molar-refractivity contribution in [2.45, 2.75) is 24.8 Å². The zero-order chi connectivity index (χ0) is 25.0. The highest BCUT2D eigenvalue weighted by atomic mass is 32.2. The molecule has 1 amide bonds. The van der Waals surface area contributed by atoms with Gasteiger partial charge in [-0.2, -0.15) is 13.5 Å². The molecule has 0 spiro atoms. The Bertz CT molecular complexity index is 1390. The van der Waals surface area contributed by atoms with Gasteiger partial charge in [-0.25, -0.2) is 5.43 Å². The van der Waals surface area contributed by atoms with Crippen LogP contribution in [0.1, 0.15) is 16.7 Å². The van der Waals surface area contributed by atoms with Gasteiger partial charge in [0.1, 0.15) is 11.5 Å². The maximum atomic E-state index is 12.8. The van der Waals surface area contributed by atoms with Gasteiger partial charge in [-0.1, -0.05) is 24.3 Å². The van der Waals surface area contributed by atoms with E-state index in [9.17, 15) is 13.2 Å². The largest absolute Gasteiger partial charge is 0.493 e. The molecular formula is C25H24N2O7S. The summed E-state index contributed by atoms with van der Waals surface area (Å²) < 4.78 is 47.5. The normalized spacial score (nSPS) is 15.0. The first kappa shape index (κ1) is 24.1. The van der Waals surface area contributed by atoms with E-state index < -0.39 is 22.1 Å². The number of carbonyl (C=O) groups is 1. The number of hydrogen-bond acceptors (Lipinski definition) is 8. The van der Waals surface area contributed by atoms with Crippen molar-refractivity contribution in [2.24, 2.45) is 5.10 Å². The Morgan fingerprint density at radius 2 is 1.83 bits per heavy atom. The number of aryl methyl sites for hydroxylation is 2. The zero-order valence-corrected chi connectivity index (χ0v) is 20.2. The van der Waals surface area contributed by atoms with Gasteiger partial charge in [0.05, 0.1) is 13.3 Å². The van der Waals surface area contributed by atoms with E-state index in [0.717, 1.165) is 5.56 Å². The van der Waals surface area contributed by atoms with Crippen LogP contribution in [0.3, 0.4) is 0 Å². The number of carbonyl (C=O) groups excluding carboxylic acids is 1. The third kappa shape index (κ3) is 5.55. The minimum Gasteiger partial charge on any atom is -0.493 e. The second-order valence-electron chi connectivity index (χ2n) is 7.82. The fraction of sp³-hybridized carbons (Fsp3) is 0.200. The second-order valence-corrected chi connectivity index (χ2v) is 9.33. The van der Waals surface area contributed by atoms with Gasteiger partial charge in [-0.05, 0) is 66.9 Å². The topological polar surface area (TPSA) is 113 Å². The summed E-state index contributed by atoms with van der Waals surface area (Å²) in [6, 6.07) is 16.8. The van der Waals surface area contributed by atoms with Crippen LogP contribution in [0.5, 0.6) is 23.0 Å². The van der Waals surface area contributed by atoms with Gasteiger partial charge in [0, 0.05) is 0 Å². The van der Waals surface area contributed by atoms with Crippen molar-refractivity contribution in [3.63, 3.8) is 0 Å². The molecule has 0 fully saturated rings. The molecule has 3 aromatic rings. The summed E-state index contributed by atoms with van der Waals surface area (Å²) in [5.41, 5.74) is 4.33. The fourth-order valence-corrected chi connectivity index (χ4v) is 4.62. The summed E-state index contributed by atoms with van der Waals surface area (Å²) in [6.07, 6.45) is 0.545. The number of nitrogens with zero attached hydrogens (tertiary/aromatic N) is 1. The van der Waals surface area contributed by atoms with Crippen molar-refractivity contribution in [1.29, 1.82) is 0 Å². The lowest BCUT2D eigenvalue weighted by Gasteiger charge is -2.24. The number of para-hydroxylation sites is 2. The van der Waals surface area contributed by atoms with Crippen molar-refractivity contribution in [3.8, 4) is 23.0 Å². The van der Waals surface area contributed by atoms with Crippen molar-refractivity contribution in [2.75, 3.05) is 13.7 Å². The molecule has 0 saturated carbocycles. The van der Waals surface area contributed by atoms with Crippen LogP contribution in [0.25, 0.3) is 0 Å². The van der Waals surface area contributed by atoms with Gasteiger partial charge < -0.3 is 18.4 Å². The van der Waals surface area contributed by atoms with Gasteiger partial charge in [-0.15, -0.1) is 0 Å². The molecule has 0 saturated heterocycles. The molecule has 1 aliphatic heterocycles. The molecule has 1 aliphatic rings. The van der Waals surface area contributed by atoms with Crippen molar-refractivity contribution >= 4 is 22.2 Å². The van der Waals surface area contributed by atoms with E-state index in [0.29, 0.717) is 22.6 Å². The van der Waals surface area contributed by atoms with E-state index in [2.05, 4.69) is 10.5 Å². The van der Waals surface area contributed by atoms with Crippen LogP contribution in [-0.4, -0.2) is 40.4 Å². The molecule has 0 aliphatic carbocycles. The third-order valence-corrected chi connectivity index (χ3v) is 6.57. The predicted molar refractivity (Wildman–Crippen MR) is 129 cm³/mol. The maximum absolute atomic E-state index is 12.8. The molecule has 10 heteroatoms. The maximum Gasteiger partial charge on any atom is 0.339 e. The first-order chi connectivity index (χ1) is 16.8. The Morgan fingerprint density at radius 1 is 1.06 bits per heavy atom. The van der Waals surface area contributed by atoms with Crippen LogP contribution in [0.2, 0.25) is 0 Å². The molecule has 1 heterocycles. The molecule has 3 aromatic carbocycles. The number of ether oxygens (including phenoxy) is 3. The van der Waals surface area contributed by atoms with E-state index in [1.165, 1.54) is 19.4 Å². The lowest BCUT2D eigenvalue weighted by Crippen LogP contribution is -2.42. The molecule has 0 aromatic heterocycles. The predicted octanol–water partition coefficient (Wildman–Crippen LogP) is 3.37. The van der Waals surface area contributed by atoms with E-state index in [4.69, 9.17) is 18.4 Å². The number of hydrogen-bond donors (Lipinski definition) is 1. The summed E-state index contributed by atoms with van der Waals surface area (Å²) in [5, 5.41) is 3.95. The quantitative estimate of drug-likeness (QED) is 0.303. The Balaban J connectivity index is 1.43. The van der Waals surface area contributed by atoms with E-state index in [1.54, 1.807) is 56.3 Å². The minimum atomic E-state index is -4.07.